The molecule has 0 aliphatic carbocycles. The summed E-state index contributed by atoms with van der Waals surface area (Å²) in [5, 5.41) is 20.8. The molecular weight excluding hydrogens is 544 g/mol. The molecule has 2 aromatic carbocycles. The quantitative estimate of drug-likeness (QED) is 0.240. The Morgan fingerprint density at radius 3 is 2.68 bits per heavy atom. The van der Waals surface area contributed by atoms with Crippen LogP contribution in [0.2, 0.25) is 0 Å². The van der Waals surface area contributed by atoms with E-state index in [2.05, 4.69) is 30.0 Å². The number of aliphatic hydroxyl groups excluding tert-OH is 1. The third-order valence-corrected chi connectivity index (χ3v) is 8.76. The Balaban J connectivity index is 1.44. The van der Waals surface area contributed by atoms with Crippen LogP contribution >= 0.6 is 11.8 Å². The maximum atomic E-state index is 11.8. The van der Waals surface area contributed by atoms with Crippen LogP contribution in [0.25, 0.3) is 0 Å². The lowest BCUT2D eigenvalue weighted by Gasteiger charge is -2.40. The Labute approximate surface area is 247 Å². The van der Waals surface area contributed by atoms with Crippen LogP contribution < -0.4 is 9.64 Å². The normalized spacial score (nSPS) is 21.3. The van der Waals surface area contributed by atoms with E-state index in [0.717, 1.165) is 60.9 Å². The predicted octanol–water partition coefficient (Wildman–Crippen LogP) is 4.71. The number of aliphatic hydroxyl groups is 1. The maximum Gasteiger partial charge on any atom is 0.407 e. The number of thioether (sulfide) groups is 1. The summed E-state index contributed by atoms with van der Waals surface area (Å²) in [5.74, 6) is 2.04. The maximum absolute atomic E-state index is 11.8. The molecule has 1 saturated heterocycles. The molecule has 2 aliphatic heterocycles. The zero-order chi connectivity index (χ0) is 29.2. The lowest BCUT2D eigenvalue weighted by atomic mass is 9.84. The third kappa shape index (κ3) is 8.75. The van der Waals surface area contributed by atoms with Gasteiger partial charge in [-0.3, -0.25) is 0 Å². The molecule has 0 radical (unpaired) electrons. The topological polar surface area (TPSA) is 101 Å². The van der Waals surface area contributed by atoms with Crippen LogP contribution in [0.1, 0.15) is 36.8 Å². The van der Waals surface area contributed by atoms with E-state index in [0.29, 0.717) is 25.7 Å². The molecule has 1 amide bonds. The number of benzene rings is 2. The zero-order valence-electron chi connectivity index (χ0n) is 24.4. The Morgan fingerprint density at radius 2 is 1.95 bits per heavy atom. The SMILES string of the molecule is COCCCN1CCOc2ccc(CO[C@H]3CN(C(=O)O)C[C@@H](O)[C@@H]3c3ccc(SCC[C@@H](C)COC)cc3)cc21. The number of hydrogen-bond acceptors (Lipinski definition) is 8. The first-order valence-electron chi connectivity index (χ1n) is 14.4. The molecule has 9 nitrogen and oxygen atoms in total. The number of methoxy groups -OCH3 is 2. The highest BCUT2D eigenvalue weighted by molar-refractivity contribution is 7.99. The molecule has 1 fully saturated rings. The summed E-state index contributed by atoms with van der Waals surface area (Å²) in [6.07, 6.45) is -0.418. The van der Waals surface area contributed by atoms with Gasteiger partial charge in [0.2, 0.25) is 0 Å². The second-order valence-corrected chi connectivity index (χ2v) is 12.0. The minimum absolute atomic E-state index is 0.0559. The van der Waals surface area contributed by atoms with E-state index in [1.807, 2.05) is 24.3 Å². The van der Waals surface area contributed by atoms with Crippen molar-refractivity contribution in [1.82, 2.24) is 4.90 Å². The number of nitrogens with zero attached hydrogens (tertiary/aromatic N) is 2. The van der Waals surface area contributed by atoms with Gasteiger partial charge in [0.15, 0.2) is 0 Å². The average Bonchev–Trinajstić information content (AvgIpc) is 2.96. The predicted molar refractivity (Wildman–Crippen MR) is 160 cm³/mol. The van der Waals surface area contributed by atoms with Gasteiger partial charge in [-0.15, -0.1) is 11.8 Å². The van der Waals surface area contributed by atoms with E-state index in [-0.39, 0.29) is 19.0 Å². The van der Waals surface area contributed by atoms with Gasteiger partial charge < -0.3 is 39.0 Å². The number of rotatable bonds is 14. The smallest absolute Gasteiger partial charge is 0.407 e. The minimum atomic E-state index is -1.05. The summed E-state index contributed by atoms with van der Waals surface area (Å²) >= 11 is 1.80. The van der Waals surface area contributed by atoms with Crippen LogP contribution in [0.15, 0.2) is 47.4 Å². The van der Waals surface area contributed by atoms with Crippen LogP contribution in [-0.2, 0) is 20.8 Å². The van der Waals surface area contributed by atoms with Gasteiger partial charge in [0.1, 0.15) is 12.4 Å². The van der Waals surface area contributed by atoms with Crippen molar-refractivity contribution in [3.8, 4) is 5.75 Å². The van der Waals surface area contributed by atoms with Gasteiger partial charge in [0.05, 0.1) is 44.1 Å². The molecule has 0 bridgehead atoms. The highest BCUT2D eigenvalue weighted by atomic mass is 32.2. The van der Waals surface area contributed by atoms with E-state index in [9.17, 15) is 15.0 Å². The molecule has 41 heavy (non-hydrogen) atoms. The number of β-amino-alcohol motifs (C(OH)–C–C–N with tert-alkyl or cyclic N) is 1. The number of fused-ring (bicyclic) bond motifs is 1. The van der Waals surface area contributed by atoms with Crippen molar-refractivity contribution < 1.29 is 34.0 Å². The summed E-state index contributed by atoms with van der Waals surface area (Å²) in [4.78, 5) is 16.5. The fourth-order valence-corrected chi connectivity index (χ4v) is 6.60. The largest absolute Gasteiger partial charge is 0.490 e. The Hall–Kier alpha value is -2.50. The number of anilines is 1. The fraction of sp³-hybridized carbons (Fsp3) is 0.581. The number of ether oxygens (including phenoxy) is 4. The molecule has 4 rings (SSSR count). The number of piperidine rings is 1. The third-order valence-electron chi connectivity index (χ3n) is 7.71. The molecule has 0 saturated carbocycles. The zero-order valence-corrected chi connectivity index (χ0v) is 25.2. The van der Waals surface area contributed by atoms with Crippen molar-refractivity contribution in [2.75, 3.05) is 70.9 Å². The first-order valence-corrected chi connectivity index (χ1v) is 15.4. The van der Waals surface area contributed by atoms with Crippen molar-refractivity contribution in [2.24, 2.45) is 5.92 Å². The van der Waals surface area contributed by atoms with Gasteiger partial charge in [-0.25, -0.2) is 4.79 Å². The molecule has 226 valence electrons. The Morgan fingerprint density at radius 1 is 1.15 bits per heavy atom. The number of amides is 1. The van der Waals surface area contributed by atoms with Crippen LogP contribution in [0.5, 0.6) is 5.75 Å². The van der Waals surface area contributed by atoms with Gasteiger partial charge in [0, 0.05) is 44.8 Å². The summed E-state index contributed by atoms with van der Waals surface area (Å²) in [6, 6.07) is 14.3. The average molecular weight is 589 g/mol. The molecule has 2 heterocycles. The monoisotopic (exact) mass is 588 g/mol. The second-order valence-electron chi connectivity index (χ2n) is 10.9. The molecule has 10 heteroatoms. The van der Waals surface area contributed by atoms with Crippen molar-refractivity contribution in [3.05, 3.63) is 53.6 Å². The summed E-state index contributed by atoms with van der Waals surface area (Å²) in [7, 11) is 3.44. The van der Waals surface area contributed by atoms with Crippen molar-refractivity contribution in [3.63, 3.8) is 0 Å². The van der Waals surface area contributed by atoms with Gasteiger partial charge >= 0.3 is 6.09 Å². The molecule has 2 N–H and O–H groups in total. The van der Waals surface area contributed by atoms with E-state index >= 15 is 0 Å². The van der Waals surface area contributed by atoms with Crippen molar-refractivity contribution >= 4 is 23.5 Å². The summed E-state index contributed by atoms with van der Waals surface area (Å²) in [6.45, 7) is 6.54. The number of likely N-dealkylation sites (tertiary alicyclic amines) is 1. The van der Waals surface area contributed by atoms with Crippen molar-refractivity contribution in [2.45, 2.75) is 49.4 Å². The van der Waals surface area contributed by atoms with E-state index in [1.165, 1.54) is 9.80 Å². The minimum Gasteiger partial charge on any atom is -0.490 e. The number of hydrogen-bond donors (Lipinski definition) is 2. The lowest BCUT2D eigenvalue weighted by Crippen LogP contribution is -2.53. The standard InChI is InChI=1S/C31H44N2O7S/c1-22(20-38-3)11-16-41-25-8-6-24(7-9-25)30-27(34)18-33(31(35)36)19-29(30)40-21-23-5-10-28-26(17-23)32(13-15-39-28)12-4-14-37-2/h5-10,17,22,27,29-30,34H,4,11-16,18-21H2,1-3H3,(H,35,36)/t22-,27-,29+,30+/m1/s1. The molecular formula is C31H44N2O7S. The van der Waals surface area contributed by atoms with Gasteiger partial charge in [-0.05, 0) is 59.9 Å². The Bertz CT molecular complexity index is 1100. The van der Waals surface area contributed by atoms with Gasteiger partial charge in [-0.2, -0.15) is 0 Å². The first-order chi connectivity index (χ1) is 19.9. The highest BCUT2D eigenvalue weighted by Gasteiger charge is 2.39. The first kappa shape index (κ1) is 31.4. The molecule has 0 spiro atoms. The number of carbonyl (C=O) groups is 1. The lowest BCUT2D eigenvalue weighted by molar-refractivity contribution is -0.0660. The van der Waals surface area contributed by atoms with Crippen LogP contribution in [0, 0.1) is 5.92 Å². The van der Waals surface area contributed by atoms with Crippen molar-refractivity contribution in [1.29, 1.82) is 0 Å². The van der Waals surface area contributed by atoms with E-state index in [1.54, 1.807) is 26.0 Å². The van der Waals surface area contributed by atoms with Crippen LogP contribution in [0.4, 0.5) is 10.5 Å². The van der Waals surface area contributed by atoms with E-state index < -0.39 is 18.3 Å². The summed E-state index contributed by atoms with van der Waals surface area (Å²) < 4.78 is 22.7. The van der Waals surface area contributed by atoms with E-state index in [4.69, 9.17) is 18.9 Å². The molecule has 2 aromatic rings. The highest BCUT2D eigenvalue weighted by Crippen LogP contribution is 2.35. The molecule has 0 unspecified atom stereocenters. The van der Waals surface area contributed by atoms with Crippen LogP contribution in [-0.4, -0.2) is 99.4 Å². The Kier molecular flexibility index (Phi) is 12.0. The van der Waals surface area contributed by atoms with Gasteiger partial charge in [-0.1, -0.05) is 25.1 Å². The fourth-order valence-electron chi connectivity index (χ4n) is 5.52. The molecule has 0 aromatic heterocycles. The van der Waals surface area contributed by atoms with Gasteiger partial charge in [0.25, 0.3) is 0 Å². The second kappa shape index (κ2) is 15.7. The molecule has 4 atom stereocenters. The summed E-state index contributed by atoms with van der Waals surface area (Å²) in [5.41, 5.74) is 2.96. The number of carboxylic acid groups (broad SMARTS) is 1. The van der Waals surface area contributed by atoms with Crippen LogP contribution in [0.3, 0.4) is 0 Å². The molecule has 2 aliphatic rings.